The fraction of sp³-hybridized carbons (Fsp3) is 0.273. The van der Waals surface area contributed by atoms with Crippen LogP contribution in [0.1, 0.15) is 36.0 Å². The molecule has 8 heteroatoms. The molecular formula is C22H25N3O4S. The molecule has 2 aromatic rings. The number of aliphatic imine (C=N–C) groups is 1. The average Bonchev–Trinajstić information content (AvgIpc) is 3.01. The van der Waals surface area contributed by atoms with Crippen LogP contribution in [0.4, 0.5) is 5.69 Å². The Morgan fingerprint density at radius 2 is 1.80 bits per heavy atom. The fourth-order valence-corrected chi connectivity index (χ4v) is 4.04. The highest BCUT2D eigenvalue weighted by atomic mass is 32.2. The quantitative estimate of drug-likeness (QED) is 0.658. The van der Waals surface area contributed by atoms with Crippen molar-refractivity contribution < 1.29 is 17.9 Å². The van der Waals surface area contributed by atoms with Gasteiger partial charge < -0.3 is 10.1 Å². The van der Waals surface area contributed by atoms with Gasteiger partial charge in [0.15, 0.2) is 0 Å². The van der Waals surface area contributed by atoms with Crippen molar-refractivity contribution >= 4 is 27.5 Å². The van der Waals surface area contributed by atoms with Gasteiger partial charge in [0.05, 0.1) is 4.90 Å². The van der Waals surface area contributed by atoms with Gasteiger partial charge in [-0.15, -0.1) is 0 Å². The molecule has 2 aromatic carbocycles. The molecule has 1 amide bonds. The second-order valence-electron chi connectivity index (χ2n) is 6.85. The van der Waals surface area contributed by atoms with Crippen molar-refractivity contribution in [2.24, 2.45) is 4.99 Å². The summed E-state index contributed by atoms with van der Waals surface area (Å²) in [5, 5.41) is 2.75. The number of carbonyl (C=O) groups is 1. The number of hydrogen-bond acceptors (Lipinski definition) is 5. The lowest BCUT2D eigenvalue weighted by atomic mass is 10.2. The third-order valence-electron chi connectivity index (χ3n) is 4.53. The highest BCUT2D eigenvalue weighted by Gasteiger charge is 2.17. The molecular weight excluding hydrogens is 402 g/mol. The van der Waals surface area contributed by atoms with Crippen molar-refractivity contribution in [3.05, 3.63) is 66.7 Å². The lowest BCUT2D eigenvalue weighted by Crippen LogP contribution is -2.30. The fourth-order valence-electron chi connectivity index (χ4n) is 2.95. The predicted molar refractivity (Wildman–Crippen MR) is 118 cm³/mol. The summed E-state index contributed by atoms with van der Waals surface area (Å²) in [6.45, 7) is 4.62. The van der Waals surface area contributed by atoms with Crippen LogP contribution in [-0.2, 0) is 10.0 Å². The number of benzene rings is 2. The molecule has 3 rings (SSSR count). The third-order valence-corrected chi connectivity index (χ3v) is 5.93. The SMILES string of the molecule is C=CCOc1ccc(C(=O)Nc2ccc(S(=O)(=O)NC3=NCCCCC3)cc2)cc1. The van der Waals surface area contributed by atoms with Crippen molar-refractivity contribution in [1.29, 1.82) is 0 Å². The van der Waals surface area contributed by atoms with Gasteiger partial charge in [0.1, 0.15) is 18.2 Å². The molecule has 0 saturated carbocycles. The molecule has 0 radical (unpaired) electrons. The summed E-state index contributed by atoms with van der Waals surface area (Å²) in [4.78, 5) is 16.8. The third kappa shape index (κ3) is 5.93. The van der Waals surface area contributed by atoms with Crippen LogP contribution in [-0.4, -0.2) is 33.3 Å². The molecule has 0 bridgehead atoms. The van der Waals surface area contributed by atoms with Crippen molar-refractivity contribution in [2.75, 3.05) is 18.5 Å². The maximum Gasteiger partial charge on any atom is 0.262 e. The van der Waals surface area contributed by atoms with Gasteiger partial charge in [-0.3, -0.25) is 14.5 Å². The van der Waals surface area contributed by atoms with E-state index in [-0.39, 0.29) is 10.8 Å². The summed E-state index contributed by atoms with van der Waals surface area (Å²) in [6.07, 6.45) is 5.22. The first kappa shape index (κ1) is 21.6. The molecule has 0 unspecified atom stereocenters. The van der Waals surface area contributed by atoms with Crippen molar-refractivity contribution in [3.63, 3.8) is 0 Å². The number of nitrogens with zero attached hydrogens (tertiary/aromatic N) is 1. The minimum absolute atomic E-state index is 0.121. The van der Waals surface area contributed by atoms with Crippen LogP contribution in [0, 0.1) is 0 Å². The Hall–Kier alpha value is -3.13. The molecule has 7 nitrogen and oxygen atoms in total. The number of sulfonamides is 1. The maximum atomic E-state index is 12.6. The van der Waals surface area contributed by atoms with E-state index in [1.54, 1.807) is 42.5 Å². The molecule has 0 aromatic heterocycles. The predicted octanol–water partition coefficient (Wildman–Crippen LogP) is 3.75. The zero-order valence-corrected chi connectivity index (χ0v) is 17.5. The van der Waals surface area contributed by atoms with Crippen LogP contribution in [0.3, 0.4) is 0 Å². The van der Waals surface area contributed by atoms with Gasteiger partial charge >= 0.3 is 0 Å². The summed E-state index contributed by atoms with van der Waals surface area (Å²) in [7, 11) is -3.70. The Kier molecular flexibility index (Phi) is 7.24. The van der Waals surface area contributed by atoms with Crippen molar-refractivity contribution in [2.45, 2.75) is 30.6 Å². The van der Waals surface area contributed by atoms with Gasteiger partial charge in [0.2, 0.25) is 0 Å². The first-order valence-electron chi connectivity index (χ1n) is 9.79. The molecule has 0 fully saturated rings. The summed E-state index contributed by atoms with van der Waals surface area (Å²) < 4.78 is 33.1. The lowest BCUT2D eigenvalue weighted by Gasteiger charge is -2.11. The van der Waals surface area contributed by atoms with E-state index in [0.717, 1.165) is 19.3 Å². The van der Waals surface area contributed by atoms with Gasteiger partial charge in [-0.05, 0) is 61.4 Å². The van der Waals surface area contributed by atoms with E-state index in [1.165, 1.54) is 12.1 Å². The molecule has 30 heavy (non-hydrogen) atoms. The van der Waals surface area contributed by atoms with E-state index in [9.17, 15) is 13.2 Å². The summed E-state index contributed by atoms with van der Waals surface area (Å²) in [6, 6.07) is 12.8. The number of amidine groups is 1. The molecule has 1 aliphatic heterocycles. The van der Waals surface area contributed by atoms with E-state index < -0.39 is 10.0 Å². The number of nitrogens with one attached hydrogen (secondary N) is 2. The van der Waals surface area contributed by atoms with E-state index in [0.29, 0.717) is 42.4 Å². The zero-order valence-electron chi connectivity index (χ0n) is 16.6. The molecule has 0 spiro atoms. The number of ether oxygens (including phenoxy) is 1. The monoisotopic (exact) mass is 427 g/mol. The normalized spacial score (nSPS) is 14.2. The highest BCUT2D eigenvalue weighted by molar-refractivity contribution is 7.90. The molecule has 0 atom stereocenters. The van der Waals surface area contributed by atoms with Gasteiger partial charge in [-0.25, -0.2) is 8.42 Å². The lowest BCUT2D eigenvalue weighted by molar-refractivity contribution is 0.102. The molecule has 2 N–H and O–H groups in total. The van der Waals surface area contributed by atoms with Crippen molar-refractivity contribution in [1.82, 2.24) is 4.72 Å². The number of carbonyl (C=O) groups excluding carboxylic acids is 1. The summed E-state index contributed by atoms with van der Waals surface area (Å²) in [5.41, 5.74) is 0.962. The molecule has 158 valence electrons. The van der Waals surface area contributed by atoms with Crippen LogP contribution in [0.25, 0.3) is 0 Å². The zero-order chi connectivity index (χ0) is 21.4. The molecule has 0 saturated heterocycles. The maximum absolute atomic E-state index is 12.6. The van der Waals surface area contributed by atoms with Crippen LogP contribution >= 0.6 is 0 Å². The summed E-state index contributed by atoms with van der Waals surface area (Å²) in [5.74, 6) is 0.851. The standard InChI is InChI=1S/C22H25N3O4S/c1-2-16-29-19-11-7-17(8-12-19)22(26)24-18-9-13-20(14-10-18)30(27,28)25-21-6-4-3-5-15-23-21/h2,7-14H,1,3-6,15-16H2,(H,23,25)(H,24,26). The molecule has 0 aliphatic carbocycles. The molecule has 1 aliphatic rings. The average molecular weight is 428 g/mol. The number of rotatable bonds is 7. The summed E-state index contributed by atoms with van der Waals surface area (Å²) >= 11 is 0. The Bertz CT molecular complexity index is 1010. The van der Waals surface area contributed by atoms with Crippen molar-refractivity contribution in [3.8, 4) is 5.75 Å². The van der Waals surface area contributed by atoms with Crippen LogP contribution < -0.4 is 14.8 Å². The number of amides is 1. The Morgan fingerprint density at radius 1 is 1.07 bits per heavy atom. The van der Waals surface area contributed by atoms with Gasteiger partial charge in [0.25, 0.3) is 15.9 Å². The van der Waals surface area contributed by atoms with Gasteiger partial charge in [-0.1, -0.05) is 19.1 Å². The van der Waals surface area contributed by atoms with E-state index >= 15 is 0 Å². The van der Waals surface area contributed by atoms with E-state index in [2.05, 4.69) is 21.6 Å². The Balaban J connectivity index is 1.62. The van der Waals surface area contributed by atoms with E-state index in [4.69, 9.17) is 4.74 Å². The minimum Gasteiger partial charge on any atom is -0.490 e. The first-order chi connectivity index (χ1) is 14.5. The first-order valence-corrected chi connectivity index (χ1v) is 11.3. The second-order valence-corrected chi connectivity index (χ2v) is 8.53. The second kappa shape index (κ2) is 10.1. The van der Waals surface area contributed by atoms with Gasteiger partial charge in [0, 0.05) is 24.2 Å². The molecule has 1 heterocycles. The van der Waals surface area contributed by atoms with Gasteiger partial charge in [-0.2, -0.15) is 0 Å². The van der Waals surface area contributed by atoms with Crippen LogP contribution in [0.5, 0.6) is 5.75 Å². The Labute approximate surface area is 176 Å². The van der Waals surface area contributed by atoms with Crippen LogP contribution in [0.15, 0.2) is 71.1 Å². The van der Waals surface area contributed by atoms with Crippen LogP contribution in [0.2, 0.25) is 0 Å². The number of anilines is 1. The topological polar surface area (TPSA) is 96.9 Å². The smallest absolute Gasteiger partial charge is 0.262 e. The van der Waals surface area contributed by atoms with E-state index in [1.807, 2.05) is 0 Å². The number of hydrogen-bond donors (Lipinski definition) is 2. The Morgan fingerprint density at radius 3 is 2.50 bits per heavy atom. The highest BCUT2D eigenvalue weighted by Crippen LogP contribution is 2.17. The minimum atomic E-state index is -3.70. The largest absolute Gasteiger partial charge is 0.490 e.